The lowest BCUT2D eigenvalue weighted by Gasteiger charge is -2.32. The number of rotatable bonds is 8. The Kier molecular flexibility index (Phi) is 7.57. The molecule has 1 aromatic carbocycles. The smallest absolute Gasteiger partial charge is 0.239 e. The first kappa shape index (κ1) is 22.0. The summed E-state index contributed by atoms with van der Waals surface area (Å²) in [5.41, 5.74) is 1.44. The lowest BCUT2D eigenvalue weighted by Crippen LogP contribution is -2.44. The average molecular weight is 416 g/mol. The highest BCUT2D eigenvalue weighted by Gasteiger charge is 2.22. The second kappa shape index (κ2) is 10.3. The van der Waals surface area contributed by atoms with Crippen molar-refractivity contribution in [1.29, 1.82) is 0 Å². The minimum absolute atomic E-state index is 0.0943. The Balaban J connectivity index is 1.55. The Labute approximate surface area is 176 Å². The molecule has 8 heteroatoms. The zero-order valence-corrected chi connectivity index (χ0v) is 17.7. The molecule has 0 aliphatic carbocycles. The maximum absolute atomic E-state index is 13.2. The summed E-state index contributed by atoms with van der Waals surface area (Å²) < 4.78 is 14.8. The summed E-state index contributed by atoms with van der Waals surface area (Å²) in [5, 5.41) is 10.3. The third-order valence-electron chi connectivity index (χ3n) is 5.21. The number of likely N-dealkylation sites (tertiary alicyclic amines) is 1. The van der Waals surface area contributed by atoms with Crippen molar-refractivity contribution >= 4 is 17.6 Å². The van der Waals surface area contributed by atoms with E-state index < -0.39 is 0 Å². The first-order valence-corrected chi connectivity index (χ1v) is 10.6. The predicted molar refractivity (Wildman–Crippen MR) is 114 cm³/mol. The van der Waals surface area contributed by atoms with Crippen LogP contribution in [0, 0.1) is 18.7 Å². The van der Waals surface area contributed by atoms with Gasteiger partial charge in [0.25, 0.3) is 0 Å². The molecule has 30 heavy (non-hydrogen) atoms. The maximum Gasteiger partial charge on any atom is 0.239 e. The molecule has 7 nitrogen and oxygen atoms in total. The van der Waals surface area contributed by atoms with E-state index in [0.717, 1.165) is 38.0 Å². The topological polar surface area (TPSA) is 79.3 Å². The molecule has 2 N–H and O–H groups in total. The number of benzene rings is 1. The van der Waals surface area contributed by atoms with Gasteiger partial charge in [-0.15, -0.1) is 0 Å². The van der Waals surface area contributed by atoms with Crippen LogP contribution in [0.2, 0.25) is 0 Å². The van der Waals surface area contributed by atoms with Crippen molar-refractivity contribution in [3.05, 3.63) is 41.8 Å². The summed E-state index contributed by atoms with van der Waals surface area (Å²) in [5.74, 6) is 0.577. The van der Waals surface area contributed by atoms with E-state index in [1.165, 1.54) is 12.1 Å². The van der Waals surface area contributed by atoms with Gasteiger partial charge in [0, 0.05) is 25.6 Å². The molecule has 0 radical (unpaired) electrons. The number of aromatic nitrogens is 2. The van der Waals surface area contributed by atoms with Gasteiger partial charge >= 0.3 is 0 Å². The van der Waals surface area contributed by atoms with Gasteiger partial charge in [0.05, 0.1) is 17.9 Å². The lowest BCUT2D eigenvalue weighted by molar-refractivity contribution is -0.121. The zero-order valence-electron chi connectivity index (χ0n) is 17.7. The maximum atomic E-state index is 13.2. The number of anilines is 1. The summed E-state index contributed by atoms with van der Waals surface area (Å²) in [4.78, 5) is 26.5. The number of carbonyl (C=O) groups excluding carboxylic acids is 2. The van der Waals surface area contributed by atoms with Gasteiger partial charge in [-0.25, -0.2) is 9.07 Å². The fourth-order valence-corrected chi connectivity index (χ4v) is 3.79. The molecule has 1 saturated heterocycles. The Hall–Kier alpha value is -2.74. The zero-order chi connectivity index (χ0) is 21.5. The molecule has 1 fully saturated rings. The Morgan fingerprint density at radius 2 is 2.00 bits per heavy atom. The SMILES string of the molecule is CCCC(=O)NCC1CCCN(CC(=O)Nc2cc(C)nn2-c2ccc(F)cc2)C1. The third-order valence-corrected chi connectivity index (χ3v) is 5.21. The summed E-state index contributed by atoms with van der Waals surface area (Å²) in [6.07, 6.45) is 3.46. The molecule has 1 aliphatic heterocycles. The van der Waals surface area contributed by atoms with Crippen molar-refractivity contribution in [2.24, 2.45) is 5.92 Å². The van der Waals surface area contributed by atoms with Crippen molar-refractivity contribution in [3.63, 3.8) is 0 Å². The minimum Gasteiger partial charge on any atom is -0.356 e. The van der Waals surface area contributed by atoms with Gasteiger partial charge < -0.3 is 10.6 Å². The van der Waals surface area contributed by atoms with Crippen LogP contribution in [-0.4, -0.2) is 52.7 Å². The van der Waals surface area contributed by atoms with E-state index in [1.807, 2.05) is 13.8 Å². The molecule has 2 aromatic rings. The van der Waals surface area contributed by atoms with Crippen LogP contribution in [0.15, 0.2) is 30.3 Å². The first-order valence-electron chi connectivity index (χ1n) is 10.6. The molecular formula is C22H30FN5O2. The van der Waals surface area contributed by atoms with E-state index in [4.69, 9.17) is 0 Å². The first-order chi connectivity index (χ1) is 14.4. The Morgan fingerprint density at radius 1 is 1.23 bits per heavy atom. The van der Waals surface area contributed by atoms with E-state index in [9.17, 15) is 14.0 Å². The van der Waals surface area contributed by atoms with E-state index in [-0.39, 0.29) is 24.2 Å². The van der Waals surface area contributed by atoms with Gasteiger partial charge in [0.15, 0.2) is 0 Å². The van der Waals surface area contributed by atoms with Gasteiger partial charge in [-0.2, -0.15) is 5.10 Å². The number of aryl methyl sites for hydroxylation is 1. The van der Waals surface area contributed by atoms with Crippen molar-refractivity contribution in [2.75, 3.05) is 31.5 Å². The number of hydrogen-bond donors (Lipinski definition) is 2. The van der Waals surface area contributed by atoms with Gasteiger partial charge in [-0.05, 0) is 62.9 Å². The Bertz CT molecular complexity index is 865. The van der Waals surface area contributed by atoms with Crippen molar-refractivity contribution in [2.45, 2.75) is 39.5 Å². The number of halogens is 1. The van der Waals surface area contributed by atoms with Crippen LogP contribution in [0.5, 0.6) is 0 Å². The number of carbonyl (C=O) groups is 2. The molecule has 162 valence electrons. The van der Waals surface area contributed by atoms with E-state index >= 15 is 0 Å². The highest BCUT2D eigenvalue weighted by atomic mass is 19.1. The highest BCUT2D eigenvalue weighted by Crippen LogP contribution is 2.19. The summed E-state index contributed by atoms with van der Waals surface area (Å²) in [6.45, 7) is 6.43. The fraction of sp³-hybridized carbons (Fsp3) is 0.500. The molecule has 1 aliphatic rings. The molecule has 2 amide bonds. The molecule has 3 rings (SSSR count). The van der Waals surface area contributed by atoms with Gasteiger partial charge in [0.2, 0.25) is 11.8 Å². The fourth-order valence-electron chi connectivity index (χ4n) is 3.79. The monoisotopic (exact) mass is 415 g/mol. The number of amides is 2. The van der Waals surface area contributed by atoms with Gasteiger partial charge in [-0.3, -0.25) is 14.5 Å². The van der Waals surface area contributed by atoms with Crippen LogP contribution in [0.1, 0.15) is 38.3 Å². The quantitative estimate of drug-likeness (QED) is 0.695. The normalized spacial score (nSPS) is 17.0. The number of nitrogens with one attached hydrogen (secondary N) is 2. The second-order valence-corrected chi connectivity index (χ2v) is 7.90. The largest absolute Gasteiger partial charge is 0.356 e. The molecule has 1 aromatic heterocycles. The summed E-state index contributed by atoms with van der Waals surface area (Å²) >= 11 is 0. The number of piperidine rings is 1. The van der Waals surface area contributed by atoms with Gasteiger partial charge in [0.1, 0.15) is 11.6 Å². The molecule has 1 atom stereocenters. The van der Waals surface area contributed by atoms with Gasteiger partial charge in [-0.1, -0.05) is 6.92 Å². The third kappa shape index (κ3) is 6.13. The van der Waals surface area contributed by atoms with E-state index in [1.54, 1.807) is 22.9 Å². The molecule has 1 unspecified atom stereocenters. The molecule has 0 spiro atoms. The highest BCUT2D eigenvalue weighted by molar-refractivity contribution is 5.91. The summed E-state index contributed by atoms with van der Waals surface area (Å²) in [7, 11) is 0. The van der Waals surface area contributed by atoms with Crippen molar-refractivity contribution < 1.29 is 14.0 Å². The van der Waals surface area contributed by atoms with Crippen LogP contribution in [-0.2, 0) is 9.59 Å². The summed E-state index contributed by atoms with van der Waals surface area (Å²) in [6, 6.07) is 7.78. The van der Waals surface area contributed by atoms with E-state index in [0.29, 0.717) is 30.4 Å². The second-order valence-electron chi connectivity index (χ2n) is 7.90. The van der Waals surface area contributed by atoms with Crippen LogP contribution >= 0.6 is 0 Å². The average Bonchev–Trinajstić information content (AvgIpc) is 3.07. The van der Waals surface area contributed by atoms with Crippen LogP contribution in [0.4, 0.5) is 10.2 Å². The molecule has 0 bridgehead atoms. The van der Waals surface area contributed by atoms with E-state index in [2.05, 4.69) is 20.6 Å². The predicted octanol–water partition coefficient (Wildman–Crippen LogP) is 2.89. The van der Waals surface area contributed by atoms with Crippen molar-refractivity contribution in [1.82, 2.24) is 20.0 Å². The lowest BCUT2D eigenvalue weighted by atomic mass is 9.98. The van der Waals surface area contributed by atoms with Crippen LogP contribution in [0.3, 0.4) is 0 Å². The number of nitrogens with zero attached hydrogens (tertiary/aromatic N) is 3. The molecule has 0 saturated carbocycles. The number of hydrogen-bond acceptors (Lipinski definition) is 4. The van der Waals surface area contributed by atoms with Crippen LogP contribution in [0.25, 0.3) is 5.69 Å². The minimum atomic E-state index is -0.321. The standard InChI is InChI=1S/C22H30FN5O2/c1-3-5-21(29)24-13-17-6-4-11-27(14-17)15-22(30)25-20-12-16(2)26-28(20)19-9-7-18(23)8-10-19/h7-10,12,17H,3-6,11,13-15H2,1-2H3,(H,24,29)(H,25,30). The molecule has 2 heterocycles. The Morgan fingerprint density at radius 3 is 2.73 bits per heavy atom. The van der Waals surface area contributed by atoms with Crippen LogP contribution < -0.4 is 10.6 Å². The van der Waals surface area contributed by atoms with Crippen molar-refractivity contribution in [3.8, 4) is 5.69 Å². The molecular weight excluding hydrogens is 385 g/mol.